The van der Waals surface area contributed by atoms with Crippen LogP contribution in [0.1, 0.15) is 40.0 Å². The number of likely N-dealkylation sites (tertiary alicyclic amines) is 1. The summed E-state index contributed by atoms with van der Waals surface area (Å²) in [5.41, 5.74) is 0. The van der Waals surface area contributed by atoms with Crippen LogP contribution in [0.4, 0.5) is 0 Å². The monoisotopic (exact) mass is 270 g/mol. The van der Waals surface area contributed by atoms with E-state index in [2.05, 4.69) is 19.2 Å². The zero-order valence-electron chi connectivity index (χ0n) is 12.4. The Balaban J connectivity index is 2.16. The molecule has 0 unspecified atom stereocenters. The quantitative estimate of drug-likeness (QED) is 0.755. The molecule has 0 aliphatic carbocycles. The molecular formula is C14H26N2O3. The maximum atomic E-state index is 11.7. The number of hydrogen-bond donors (Lipinski definition) is 1. The first-order valence-electron chi connectivity index (χ1n) is 7.06. The van der Waals surface area contributed by atoms with Crippen molar-refractivity contribution in [3.05, 3.63) is 0 Å². The zero-order valence-corrected chi connectivity index (χ0v) is 12.4. The molecule has 0 aromatic carbocycles. The van der Waals surface area contributed by atoms with Crippen LogP contribution in [0.2, 0.25) is 0 Å². The van der Waals surface area contributed by atoms with Gasteiger partial charge in [0.05, 0.1) is 12.7 Å². The summed E-state index contributed by atoms with van der Waals surface area (Å²) in [6.07, 6.45) is 2.18. The molecule has 1 saturated heterocycles. The van der Waals surface area contributed by atoms with Gasteiger partial charge in [-0.2, -0.15) is 0 Å². The Kier molecular flexibility index (Phi) is 6.28. The van der Waals surface area contributed by atoms with Gasteiger partial charge < -0.3 is 15.0 Å². The first kappa shape index (κ1) is 16.0. The number of nitrogens with one attached hydrogen (secondary N) is 1. The number of likely N-dealkylation sites (N-methyl/N-ethyl adjacent to an activating group) is 1. The van der Waals surface area contributed by atoms with Gasteiger partial charge in [-0.15, -0.1) is 0 Å². The summed E-state index contributed by atoms with van der Waals surface area (Å²) in [7, 11) is 1.76. The molecule has 110 valence electrons. The fourth-order valence-corrected chi connectivity index (χ4v) is 2.31. The van der Waals surface area contributed by atoms with Crippen molar-refractivity contribution in [2.24, 2.45) is 5.92 Å². The van der Waals surface area contributed by atoms with E-state index < -0.39 is 0 Å². The Morgan fingerprint density at radius 3 is 2.68 bits per heavy atom. The van der Waals surface area contributed by atoms with Crippen LogP contribution in [-0.4, -0.2) is 49.1 Å². The summed E-state index contributed by atoms with van der Waals surface area (Å²) < 4.78 is 5.58. The smallest absolute Gasteiger partial charge is 0.244 e. The van der Waals surface area contributed by atoms with Crippen LogP contribution in [-0.2, 0) is 14.3 Å². The minimum atomic E-state index is -0.342. The van der Waals surface area contributed by atoms with Crippen molar-refractivity contribution in [2.45, 2.75) is 52.2 Å². The zero-order chi connectivity index (χ0) is 14.4. The minimum Gasteiger partial charge on any atom is -0.378 e. The molecule has 0 aromatic heterocycles. The van der Waals surface area contributed by atoms with E-state index in [1.165, 1.54) is 0 Å². The molecule has 0 aromatic rings. The fraction of sp³-hybridized carbons (Fsp3) is 0.857. The number of amides is 2. The molecule has 2 atom stereocenters. The van der Waals surface area contributed by atoms with Crippen LogP contribution in [0.3, 0.4) is 0 Å². The predicted molar refractivity (Wildman–Crippen MR) is 73.7 cm³/mol. The van der Waals surface area contributed by atoms with E-state index in [0.717, 1.165) is 6.42 Å². The van der Waals surface area contributed by atoms with E-state index in [1.807, 2.05) is 6.92 Å². The third kappa shape index (κ3) is 5.59. The van der Waals surface area contributed by atoms with Gasteiger partial charge in [0, 0.05) is 20.0 Å². The van der Waals surface area contributed by atoms with Crippen molar-refractivity contribution in [3.63, 3.8) is 0 Å². The number of nitrogens with zero attached hydrogens (tertiary/aromatic N) is 1. The molecular weight excluding hydrogens is 244 g/mol. The van der Waals surface area contributed by atoms with Gasteiger partial charge in [-0.05, 0) is 25.7 Å². The molecule has 1 heterocycles. The molecule has 0 saturated carbocycles. The van der Waals surface area contributed by atoms with Crippen LogP contribution >= 0.6 is 0 Å². The van der Waals surface area contributed by atoms with Crippen molar-refractivity contribution in [2.75, 3.05) is 20.2 Å². The second-order valence-corrected chi connectivity index (χ2v) is 5.73. The summed E-state index contributed by atoms with van der Waals surface area (Å²) in [4.78, 5) is 25.0. The molecule has 5 nitrogen and oxygen atoms in total. The lowest BCUT2D eigenvalue weighted by molar-refractivity contribution is -0.132. The number of ether oxygens (including phenoxy) is 1. The topological polar surface area (TPSA) is 58.6 Å². The highest BCUT2D eigenvalue weighted by Gasteiger charge is 2.29. The molecule has 5 heteroatoms. The predicted octanol–water partition coefficient (Wildman–Crippen LogP) is 1.17. The number of carbonyl (C=O) groups is 2. The fourth-order valence-electron chi connectivity index (χ4n) is 2.31. The first-order chi connectivity index (χ1) is 8.90. The van der Waals surface area contributed by atoms with E-state index in [0.29, 0.717) is 31.9 Å². The normalized spacial score (nSPS) is 21.0. The second-order valence-electron chi connectivity index (χ2n) is 5.73. The van der Waals surface area contributed by atoms with Crippen molar-refractivity contribution in [1.29, 1.82) is 0 Å². The van der Waals surface area contributed by atoms with E-state index in [4.69, 9.17) is 4.74 Å². The molecule has 19 heavy (non-hydrogen) atoms. The number of carbonyl (C=O) groups excluding carboxylic acids is 2. The highest BCUT2D eigenvalue weighted by molar-refractivity contribution is 5.88. The van der Waals surface area contributed by atoms with Crippen molar-refractivity contribution in [3.8, 4) is 0 Å². The maximum Gasteiger partial charge on any atom is 0.244 e. The Labute approximate surface area is 115 Å². The van der Waals surface area contributed by atoms with Crippen LogP contribution in [0.15, 0.2) is 0 Å². The van der Waals surface area contributed by atoms with E-state index in [9.17, 15) is 9.59 Å². The van der Waals surface area contributed by atoms with Gasteiger partial charge in [-0.3, -0.25) is 9.59 Å². The van der Waals surface area contributed by atoms with Gasteiger partial charge in [0.15, 0.2) is 0 Å². The molecule has 0 bridgehead atoms. The molecule has 1 fully saturated rings. The second kappa shape index (κ2) is 7.48. The van der Waals surface area contributed by atoms with Gasteiger partial charge in [0.1, 0.15) is 6.04 Å². The molecule has 2 amide bonds. The third-order valence-corrected chi connectivity index (χ3v) is 3.30. The van der Waals surface area contributed by atoms with Gasteiger partial charge >= 0.3 is 0 Å². The lowest BCUT2D eigenvalue weighted by Crippen LogP contribution is -2.40. The average molecular weight is 270 g/mol. The third-order valence-electron chi connectivity index (χ3n) is 3.30. The standard InChI is InChI=1S/C14H26N2O3/c1-10(2)9-11(3)19-8-6-13(17)15-12-5-7-16(4)14(12)18/h10-12H,5-9H2,1-4H3,(H,15,17)/t11-,12-/m1/s1. The first-order valence-corrected chi connectivity index (χ1v) is 7.06. The largest absolute Gasteiger partial charge is 0.378 e. The average Bonchev–Trinajstić information content (AvgIpc) is 2.60. The highest BCUT2D eigenvalue weighted by atomic mass is 16.5. The lowest BCUT2D eigenvalue weighted by Gasteiger charge is -2.16. The van der Waals surface area contributed by atoms with Crippen molar-refractivity contribution < 1.29 is 14.3 Å². The van der Waals surface area contributed by atoms with Gasteiger partial charge in [-0.25, -0.2) is 0 Å². The maximum absolute atomic E-state index is 11.7. The number of rotatable bonds is 7. The van der Waals surface area contributed by atoms with E-state index in [1.54, 1.807) is 11.9 Å². The molecule has 1 aliphatic rings. The summed E-state index contributed by atoms with van der Waals surface area (Å²) in [5.74, 6) is 0.489. The number of hydrogen-bond acceptors (Lipinski definition) is 3. The van der Waals surface area contributed by atoms with Crippen LogP contribution in [0, 0.1) is 5.92 Å². The molecule has 0 spiro atoms. The summed E-state index contributed by atoms with van der Waals surface area (Å²) in [6.45, 7) is 7.44. The Hall–Kier alpha value is -1.10. The Bertz CT molecular complexity index is 318. The molecule has 1 aliphatic heterocycles. The lowest BCUT2D eigenvalue weighted by atomic mass is 10.1. The van der Waals surface area contributed by atoms with E-state index in [-0.39, 0.29) is 24.0 Å². The minimum absolute atomic E-state index is 0.00226. The van der Waals surface area contributed by atoms with Gasteiger partial charge in [-0.1, -0.05) is 13.8 Å². The molecule has 1 N–H and O–H groups in total. The Morgan fingerprint density at radius 2 is 2.16 bits per heavy atom. The Morgan fingerprint density at radius 1 is 1.47 bits per heavy atom. The SMILES string of the molecule is CC(C)C[C@@H](C)OCCC(=O)N[C@@H]1CCN(C)C1=O. The summed E-state index contributed by atoms with van der Waals surface area (Å²) >= 11 is 0. The summed E-state index contributed by atoms with van der Waals surface area (Å²) in [6, 6.07) is -0.342. The van der Waals surface area contributed by atoms with Crippen LogP contribution in [0.25, 0.3) is 0 Å². The summed E-state index contributed by atoms with van der Waals surface area (Å²) in [5, 5.41) is 2.76. The van der Waals surface area contributed by atoms with Crippen LogP contribution < -0.4 is 5.32 Å². The highest BCUT2D eigenvalue weighted by Crippen LogP contribution is 2.09. The van der Waals surface area contributed by atoms with Crippen molar-refractivity contribution in [1.82, 2.24) is 10.2 Å². The molecule has 1 rings (SSSR count). The van der Waals surface area contributed by atoms with Crippen molar-refractivity contribution >= 4 is 11.8 Å². The van der Waals surface area contributed by atoms with Crippen LogP contribution in [0.5, 0.6) is 0 Å². The van der Waals surface area contributed by atoms with Gasteiger partial charge in [0.25, 0.3) is 0 Å². The molecule has 0 radical (unpaired) electrons. The van der Waals surface area contributed by atoms with Gasteiger partial charge in [0.2, 0.25) is 11.8 Å². The van der Waals surface area contributed by atoms with E-state index >= 15 is 0 Å².